The molecule has 0 spiro atoms. The lowest BCUT2D eigenvalue weighted by atomic mass is 10.1. The van der Waals surface area contributed by atoms with Crippen LogP contribution in [0.15, 0.2) is 67.1 Å². The lowest BCUT2D eigenvalue weighted by Gasteiger charge is -2.09. The summed E-state index contributed by atoms with van der Waals surface area (Å²) in [5.74, 6) is 1.31. The van der Waals surface area contributed by atoms with Gasteiger partial charge in [0.05, 0.1) is 11.7 Å². The topological polar surface area (TPSA) is 94.3 Å². The summed E-state index contributed by atoms with van der Waals surface area (Å²) in [7, 11) is 0. The van der Waals surface area contributed by atoms with Crippen molar-refractivity contribution in [2.75, 3.05) is 10.6 Å². The summed E-state index contributed by atoms with van der Waals surface area (Å²) in [6.45, 7) is 0.693. The third-order valence-electron chi connectivity index (χ3n) is 4.44. The van der Waals surface area contributed by atoms with Crippen LogP contribution in [-0.2, 0) is 6.54 Å². The molecule has 132 valence electrons. The Morgan fingerprint density at radius 1 is 0.926 bits per heavy atom. The molecule has 7 nitrogen and oxygen atoms in total. The van der Waals surface area contributed by atoms with Crippen molar-refractivity contribution >= 4 is 39.3 Å². The van der Waals surface area contributed by atoms with Crippen LogP contribution in [0, 0.1) is 0 Å². The highest BCUT2D eigenvalue weighted by atomic mass is 15.1. The highest BCUT2D eigenvalue weighted by Gasteiger charge is 2.03. The van der Waals surface area contributed by atoms with Crippen LogP contribution in [0.3, 0.4) is 0 Å². The molecule has 0 saturated heterocycles. The first-order chi connectivity index (χ1) is 13.3. The molecule has 5 aromatic rings. The van der Waals surface area contributed by atoms with Crippen molar-refractivity contribution < 1.29 is 0 Å². The molecule has 5 rings (SSSR count). The van der Waals surface area contributed by atoms with E-state index in [1.807, 2.05) is 30.5 Å². The second-order valence-electron chi connectivity index (χ2n) is 6.32. The van der Waals surface area contributed by atoms with Gasteiger partial charge in [0.25, 0.3) is 0 Å². The van der Waals surface area contributed by atoms with E-state index in [1.165, 1.54) is 10.9 Å². The normalized spacial score (nSPS) is 11.1. The molecule has 7 heteroatoms. The van der Waals surface area contributed by atoms with Gasteiger partial charge in [0, 0.05) is 35.5 Å². The summed E-state index contributed by atoms with van der Waals surface area (Å²) in [6.07, 6.45) is 5.48. The third-order valence-corrected chi connectivity index (χ3v) is 4.44. The van der Waals surface area contributed by atoms with Gasteiger partial charge in [0.1, 0.15) is 5.82 Å². The Morgan fingerprint density at radius 3 is 2.89 bits per heavy atom. The van der Waals surface area contributed by atoms with Crippen molar-refractivity contribution in [1.29, 1.82) is 0 Å². The first-order valence-electron chi connectivity index (χ1n) is 8.67. The minimum Gasteiger partial charge on any atom is -0.366 e. The van der Waals surface area contributed by atoms with Crippen LogP contribution in [0.2, 0.25) is 0 Å². The number of hydrogen-bond acceptors (Lipinski definition) is 5. The van der Waals surface area contributed by atoms with E-state index >= 15 is 0 Å². The molecule has 2 aromatic carbocycles. The maximum atomic E-state index is 4.54. The van der Waals surface area contributed by atoms with Crippen LogP contribution >= 0.6 is 0 Å². The zero-order valence-corrected chi connectivity index (χ0v) is 14.4. The zero-order valence-electron chi connectivity index (χ0n) is 14.4. The molecule has 0 saturated carbocycles. The molecule has 0 radical (unpaired) electrons. The standard InChI is InChI=1S/C20H17N7/c1-3-17-14(5-7-21-17)9-13(1)11-23-19-6-8-22-20(26-19)25-16-2-4-18-15(10-16)12-24-27-18/h1-10,12,21H,11H2,(H,24,27)(H2,22,23,25,26). The second-order valence-corrected chi connectivity index (χ2v) is 6.32. The number of hydrogen-bond donors (Lipinski definition) is 4. The van der Waals surface area contributed by atoms with Gasteiger partial charge in [-0.15, -0.1) is 0 Å². The first kappa shape index (κ1) is 15.4. The molecule has 3 heterocycles. The number of aromatic nitrogens is 5. The Morgan fingerprint density at radius 2 is 1.89 bits per heavy atom. The average Bonchev–Trinajstić information content (AvgIpc) is 3.35. The molecule has 0 aliphatic heterocycles. The Hall–Kier alpha value is -3.87. The Bertz CT molecular complexity index is 1220. The molecule has 0 fully saturated rings. The number of rotatable bonds is 5. The van der Waals surface area contributed by atoms with Crippen molar-refractivity contribution in [3.8, 4) is 0 Å². The van der Waals surface area contributed by atoms with Gasteiger partial charge in [0.15, 0.2) is 0 Å². The predicted octanol–water partition coefficient (Wildman–Crippen LogP) is 4.19. The van der Waals surface area contributed by atoms with E-state index in [0.717, 1.165) is 27.9 Å². The molecule has 0 atom stereocenters. The summed E-state index contributed by atoms with van der Waals surface area (Å²) < 4.78 is 0. The second kappa shape index (κ2) is 6.45. The van der Waals surface area contributed by atoms with E-state index in [2.05, 4.69) is 60.0 Å². The van der Waals surface area contributed by atoms with Crippen molar-refractivity contribution in [1.82, 2.24) is 25.1 Å². The predicted molar refractivity (Wildman–Crippen MR) is 107 cm³/mol. The molecular formula is C20H17N7. The van der Waals surface area contributed by atoms with Crippen LogP contribution in [0.5, 0.6) is 0 Å². The van der Waals surface area contributed by atoms with E-state index in [9.17, 15) is 0 Å². The highest BCUT2D eigenvalue weighted by Crippen LogP contribution is 2.20. The summed E-state index contributed by atoms with van der Waals surface area (Å²) in [5.41, 5.74) is 4.25. The third kappa shape index (κ3) is 3.18. The molecule has 0 unspecified atom stereocenters. The van der Waals surface area contributed by atoms with Gasteiger partial charge >= 0.3 is 0 Å². The van der Waals surface area contributed by atoms with E-state index < -0.39 is 0 Å². The minimum absolute atomic E-state index is 0.545. The number of anilines is 3. The lowest BCUT2D eigenvalue weighted by Crippen LogP contribution is -2.04. The van der Waals surface area contributed by atoms with Gasteiger partial charge in [-0.2, -0.15) is 10.1 Å². The largest absolute Gasteiger partial charge is 0.366 e. The Balaban J connectivity index is 1.30. The van der Waals surface area contributed by atoms with E-state index in [0.29, 0.717) is 12.5 Å². The van der Waals surface area contributed by atoms with Gasteiger partial charge in [-0.1, -0.05) is 6.07 Å². The number of nitrogens with zero attached hydrogens (tertiary/aromatic N) is 3. The highest BCUT2D eigenvalue weighted by molar-refractivity contribution is 5.82. The Labute approximate surface area is 154 Å². The first-order valence-corrected chi connectivity index (χ1v) is 8.67. The van der Waals surface area contributed by atoms with Crippen LogP contribution in [0.1, 0.15) is 5.56 Å². The number of nitrogens with one attached hydrogen (secondary N) is 4. The maximum absolute atomic E-state index is 4.54. The van der Waals surface area contributed by atoms with Crippen molar-refractivity contribution in [3.05, 3.63) is 72.7 Å². The molecule has 4 N–H and O–H groups in total. The molecule has 0 bridgehead atoms. The van der Waals surface area contributed by atoms with E-state index in [-0.39, 0.29) is 0 Å². The molecule has 0 aliphatic carbocycles. The fraction of sp³-hybridized carbons (Fsp3) is 0.0500. The summed E-state index contributed by atoms with van der Waals surface area (Å²) in [4.78, 5) is 12.0. The van der Waals surface area contributed by atoms with Crippen LogP contribution in [0.4, 0.5) is 17.5 Å². The lowest BCUT2D eigenvalue weighted by molar-refractivity contribution is 1.09. The van der Waals surface area contributed by atoms with Gasteiger partial charge in [-0.25, -0.2) is 4.98 Å². The number of H-pyrrole nitrogens is 2. The maximum Gasteiger partial charge on any atom is 0.229 e. The molecule has 3 aromatic heterocycles. The van der Waals surface area contributed by atoms with Crippen LogP contribution in [0.25, 0.3) is 21.8 Å². The van der Waals surface area contributed by atoms with E-state index in [1.54, 1.807) is 12.4 Å². The minimum atomic E-state index is 0.545. The Kier molecular flexibility index (Phi) is 3.68. The van der Waals surface area contributed by atoms with Gasteiger partial charge in [-0.3, -0.25) is 5.10 Å². The number of benzene rings is 2. The van der Waals surface area contributed by atoms with Crippen molar-refractivity contribution in [3.63, 3.8) is 0 Å². The monoisotopic (exact) mass is 355 g/mol. The summed E-state index contributed by atoms with van der Waals surface area (Å²) in [6, 6.07) is 16.2. The smallest absolute Gasteiger partial charge is 0.229 e. The number of aromatic amines is 2. The van der Waals surface area contributed by atoms with E-state index in [4.69, 9.17) is 0 Å². The van der Waals surface area contributed by atoms with Crippen molar-refractivity contribution in [2.24, 2.45) is 0 Å². The average molecular weight is 355 g/mol. The van der Waals surface area contributed by atoms with Crippen LogP contribution < -0.4 is 10.6 Å². The van der Waals surface area contributed by atoms with Gasteiger partial charge < -0.3 is 15.6 Å². The zero-order chi connectivity index (χ0) is 18.1. The van der Waals surface area contributed by atoms with Gasteiger partial charge in [-0.05, 0) is 53.4 Å². The molecular weight excluding hydrogens is 338 g/mol. The fourth-order valence-corrected chi connectivity index (χ4v) is 3.07. The fourth-order valence-electron chi connectivity index (χ4n) is 3.07. The molecule has 27 heavy (non-hydrogen) atoms. The number of fused-ring (bicyclic) bond motifs is 2. The summed E-state index contributed by atoms with van der Waals surface area (Å²) in [5, 5.41) is 15.8. The summed E-state index contributed by atoms with van der Waals surface area (Å²) >= 11 is 0. The quantitative estimate of drug-likeness (QED) is 0.379. The van der Waals surface area contributed by atoms with Crippen LogP contribution in [-0.4, -0.2) is 25.1 Å². The van der Waals surface area contributed by atoms with Gasteiger partial charge in [0.2, 0.25) is 5.95 Å². The molecule has 0 aliphatic rings. The van der Waals surface area contributed by atoms with Crippen molar-refractivity contribution in [2.45, 2.75) is 6.54 Å². The SMILES string of the molecule is c1cc(NCc2ccc3[nH]ccc3c2)nc(Nc2ccc3[nH]ncc3c2)n1. The molecule has 0 amide bonds.